The predicted molar refractivity (Wildman–Crippen MR) is 139 cm³/mol. The van der Waals surface area contributed by atoms with Gasteiger partial charge in [0.15, 0.2) is 40.0 Å². The van der Waals surface area contributed by atoms with E-state index in [1.807, 2.05) is 6.92 Å². The molecule has 0 spiro atoms. The maximum absolute atomic E-state index is 10.7. The average Bonchev–Trinajstić information content (AvgIpc) is 3.43. The van der Waals surface area contributed by atoms with Gasteiger partial charge in [0.05, 0.1) is 18.8 Å². The zero-order valence-corrected chi connectivity index (χ0v) is 22.8. The van der Waals surface area contributed by atoms with Crippen molar-refractivity contribution < 1.29 is 34.2 Å². The summed E-state index contributed by atoms with van der Waals surface area (Å²) in [7, 11) is -4.36. The predicted octanol–water partition coefficient (Wildman–Crippen LogP) is 2.13. The first-order valence-corrected chi connectivity index (χ1v) is 15.9. The molecule has 2 aromatic heterocycles. The molecule has 5 N–H and O–H groups in total. The van der Waals surface area contributed by atoms with Crippen LogP contribution in [0.4, 0.5) is 5.82 Å². The minimum Gasteiger partial charge on any atom is -0.387 e. The van der Waals surface area contributed by atoms with Crippen LogP contribution in [0.15, 0.2) is 6.33 Å². The number of hydrogen-bond donors (Lipinski definition) is 5. The Morgan fingerprint density at radius 1 is 1.00 bits per heavy atom. The van der Waals surface area contributed by atoms with Gasteiger partial charge in [0, 0.05) is 13.1 Å². The number of anilines is 1. The van der Waals surface area contributed by atoms with E-state index in [0.717, 1.165) is 43.6 Å². The van der Waals surface area contributed by atoms with E-state index in [4.69, 9.17) is 24.0 Å². The van der Waals surface area contributed by atoms with Gasteiger partial charge in [0.25, 0.3) is 0 Å². The van der Waals surface area contributed by atoms with Crippen LogP contribution >= 0.6 is 16.8 Å². The van der Waals surface area contributed by atoms with Gasteiger partial charge in [-0.05, 0) is 31.6 Å². The lowest BCUT2D eigenvalue weighted by Gasteiger charge is -2.38. The van der Waals surface area contributed by atoms with E-state index in [1.165, 1.54) is 32.1 Å². The Labute approximate surface area is 218 Å². The smallest absolute Gasteiger partial charge is 0.177 e. The van der Waals surface area contributed by atoms with E-state index in [9.17, 15) is 15.1 Å². The molecule has 4 heterocycles. The highest BCUT2D eigenvalue weighted by atomic mass is 31.2. The molecular formula is C23H37N5O7P2. The number of aliphatic hydroxyl groups is 2. The number of rotatable bonds is 8. The van der Waals surface area contributed by atoms with Crippen LogP contribution < -0.4 is 4.90 Å². The Bertz CT molecular complexity index is 1050. The Hall–Kier alpha value is -1.07. The van der Waals surface area contributed by atoms with E-state index in [-0.39, 0.29) is 12.5 Å². The third kappa shape index (κ3) is 6.08. The molecule has 0 aromatic carbocycles. The van der Waals surface area contributed by atoms with Gasteiger partial charge in [-0.3, -0.25) is 4.57 Å². The zero-order valence-electron chi connectivity index (χ0n) is 21.0. The number of piperidine rings is 1. The summed E-state index contributed by atoms with van der Waals surface area (Å²) in [5.41, 5.74) is 1.15. The summed E-state index contributed by atoms with van der Waals surface area (Å²) >= 11 is 0. The molecule has 1 saturated carbocycles. The van der Waals surface area contributed by atoms with E-state index in [1.54, 1.807) is 10.9 Å². The molecule has 14 heteroatoms. The molecule has 5 atom stereocenters. The SMILES string of the molecule is Cc1nc(N2CCC(C3CCCCC3)CC2)c2ncn(C3OC(COP(O)CP(O)O)C(O)C3O)c2n1. The molecule has 3 fully saturated rings. The van der Waals surface area contributed by atoms with Crippen molar-refractivity contribution in [1.29, 1.82) is 0 Å². The molecular weight excluding hydrogens is 520 g/mol. The quantitative estimate of drug-likeness (QED) is 0.302. The Balaban J connectivity index is 1.30. The second-order valence-corrected chi connectivity index (χ2v) is 13.2. The fourth-order valence-electron chi connectivity index (χ4n) is 6.01. The van der Waals surface area contributed by atoms with Crippen LogP contribution in [0, 0.1) is 18.8 Å². The van der Waals surface area contributed by atoms with Crippen LogP contribution in [-0.2, 0) is 9.26 Å². The second kappa shape index (κ2) is 12.0. The van der Waals surface area contributed by atoms with Gasteiger partial charge in [-0.25, -0.2) is 15.0 Å². The number of nitrogens with zero attached hydrogens (tertiary/aromatic N) is 5. The first-order valence-electron chi connectivity index (χ1n) is 13.0. The van der Waals surface area contributed by atoms with Crippen LogP contribution in [0.5, 0.6) is 0 Å². The molecule has 0 bridgehead atoms. The molecule has 12 nitrogen and oxygen atoms in total. The molecule has 2 aromatic rings. The molecule has 3 aliphatic rings. The summed E-state index contributed by atoms with van der Waals surface area (Å²) in [6.07, 6.45) is 6.25. The summed E-state index contributed by atoms with van der Waals surface area (Å²) in [6, 6.07) is 0. The van der Waals surface area contributed by atoms with Gasteiger partial charge < -0.3 is 39.1 Å². The number of imidazole rings is 1. The normalized spacial score (nSPS) is 29.0. The van der Waals surface area contributed by atoms with Gasteiger partial charge in [-0.2, -0.15) is 0 Å². The summed E-state index contributed by atoms with van der Waals surface area (Å²) in [5.74, 6) is 2.72. The molecule has 206 valence electrons. The number of hydrogen-bond acceptors (Lipinski definition) is 11. The molecule has 1 aliphatic carbocycles. The molecule has 0 radical (unpaired) electrons. The minimum atomic E-state index is -2.29. The lowest BCUT2D eigenvalue weighted by molar-refractivity contribution is -0.0472. The number of fused-ring (bicyclic) bond motifs is 1. The van der Waals surface area contributed by atoms with Gasteiger partial charge in [-0.1, -0.05) is 32.1 Å². The van der Waals surface area contributed by atoms with Gasteiger partial charge in [0.2, 0.25) is 0 Å². The molecule has 5 rings (SSSR count). The van der Waals surface area contributed by atoms with Crippen LogP contribution in [-0.4, -0.2) is 88.3 Å². The maximum Gasteiger partial charge on any atom is 0.177 e. The number of aromatic nitrogens is 4. The Morgan fingerprint density at radius 3 is 2.41 bits per heavy atom. The van der Waals surface area contributed by atoms with E-state index in [2.05, 4.69) is 14.9 Å². The second-order valence-electron chi connectivity index (χ2n) is 10.3. The lowest BCUT2D eigenvalue weighted by Crippen LogP contribution is -2.37. The van der Waals surface area contributed by atoms with Crippen LogP contribution in [0.1, 0.15) is 57.0 Å². The van der Waals surface area contributed by atoms with Crippen molar-refractivity contribution in [2.24, 2.45) is 11.8 Å². The molecule has 5 unspecified atom stereocenters. The largest absolute Gasteiger partial charge is 0.387 e. The summed E-state index contributed by atoms with van der Waals surface area (Å²) in [6.45, 7) is 3.47. The molecule has 2 saturated heterocycles. The highest BCUT2D eigenvalue weighted by Gasteiger charge is 2.45. The van der Waals surface area contributed by atoms with Crippen molar-refractivity contribution in [3.8, 4) is 0 Å². The average molecular weight is 558 g/mol. The third-order valence-corrected chi connectivity index (χ3v) is 10.3. The Morgan fingerprint density at radius 2 is 1.70 bits per heavy atom. The van der Waals surface area contributed by atoms with Crippen LogP contribution in [0.25, 0.3) is 11.2 Å². The third-order valence-electron chi connectivity index (χ3n) is 7.92. The van der Waals surface area contributed by atoms with E-state index >= 15 is 0 Å². The molecule has 2 aliphatic heterocycles. The fraction of sp³-hybridized carbons (Fsp3) is 0.783. The summed E-state index contributed by atoms with van der Waals surface area (Å²) < 4.78 is 12.8. The summed E-state index contributed by atoms with van der Waals surface area (Å²) in [5, 5.41) is 21.3. The topological polar surface area (TPSA) is 166 Å². The van der Waals surface area contributed by atoms with Crippen molar-refractivity contribution in [2.45, 2.75) is 76.4 Å². The van der Waals surface area contributed by atoms with Crippen molar-refractivity contribution >= 4 is 33.7 Å². The Kier molecular flexibility index (Phi) is 8.90. The first kappa shape index (κ1) is 27.5. The van der Waals surface area contributed by atoms with Crippen LogP contribution in [0.3, 0.4) is 0 Å². The van der Waals surface area contributed by atoms with Crippen molar-refractivity contribution in [1.82, 2.24) is 19.5 Å². The first-order chi connectivity index (χ1) is 17.8. The highest BCUT2D eigenvalue weighted by molar-refractivity contribution is 7.63. The van der Waals surface area contributed by atoms with Gasteiger partial charge in [-0.15, -0.1) is 0 Å². The number of aliphatic hydroxyl groups excluding tert-OH is 2. The monoisotopic (exact) mass is 557 g/mol. The summed E-state index contributed by atoms with van der Waals surface area (Å²) in [4.78, 5) is 44.1. The van der Waals surface area contributed by atoms with E-state index in [0.29, 0.717) is 17.0 Å². The van der Waals surface area contributed by atoms with Gasteiger partial charge >= 0.3 is 0 Å². The van der Waals surface area contributed by atoms with Crippen LogP contribution in [0.2, 0.25) is 0 Å². The highest BCUT2D eigenvalue weighted by Crippen LogP contribution is 2.45. The fourth-order valence-corrected chi connectivity index (χ4v) is 7.52. The van der Waals surface area contributed by atoms with Crippen molar-refractivity contribution in [2.75, 3.05) is 30.5 Å². The number of ether oxygens (including phenoxy) is 1. The van der Waals surface area contributed by atoms with Gasteiger partial charge in [0.1, 0.15) is 24.1 Å². The van der Waals surface area contributed by atoms with E-state index < -0.39 is 41.3 Å². The zero-order chi connectivity index (χ0) is 26.1. The minimum absolute atomic E-state index is 0.206. The standard InChI is InChI=1S/C23H37N5O7P2/c1-14-25-21(27-9-7-16(8-10-27)15-5-3-2-4-6-15)18-22(26-14)28(12-24-18)23-20(30)19(29)17(35-23)11-34-37(33)13-36(31)32/h12,15-17,19-20,23,29-33H,2-11,13H2,1H3. The maximum atomic E-state index is 10.7. The van der Waals surface area contributed by atoms with Crippen molar-refractivity contribution in [3.63, 3.8) is 0 Å². The number of aryl methyl sites for hydroxylation is 1. The van der Waals surface area contributed by atoms with Crippen molar-refractivity contribution in [3.05, 3.63) is 12.2 Å². The lowest BCUT2D eigenvalue weighted by atomic mass is 9.76. The molecule has 37 heavy (non-hydrogen) atoms. The molecule has 0 amide bonds.